The molecule has 2 nitrogen and oxygen atoms in total. The van der Waals surface area contributed by atoms with Crippen LogP contribution in [-0.2, 0) is 6.54 Å². The van der Waals surface area contributed by atoms with E-state index >= 15 is 0 Å². The van der Waals surface area contributed by atoms with Crippen molar-refractivity contribution in [3.63, 3.8) is 0 Å². The molecule has 0 aliphatic rings. The van der Waals surface area contributed by atoms with Crippen molar-refractivity contribution in [3.8, 4) is 0 Å². The van der Waals surface area contributed by atoms with Crippen LogP contribution < -0.4 is 10.6 Å². The molecule has 0 heterocycles. The van der Waals surface area contributed by atoms with E-state index in [4.69, 9.17) is 17.3 Å². The minimum atomic E-state index is 0.609. The topological polar surface area (TPSA) is 29.3 Å². The molecule has 0 unspecified atom stereocenters. The second-order valence-corrected chi connectivity index (χ2v) is 5.41. The normalized spacial score (nSPS) is 10.5. The van der Waals surface area contributed by atoms with Crippen LogP contribution in [0.4, 0.5) is 11.4 Å². The molecule has 0 amide bonds. The van der Waals surface area contributed by atoms with Gasteiger partial charge in [0, 0.05) is 19.3 Å². The molecule has 2 rings (SSSR count). The van der Waals surface area contributed by atoms with Crippen molar-refractivity contribution >= 4 is 23.0 Å². The molecule has 0 bridgehead atoms. The summed E-state index contributed by atoms with van der Waals surface area (Å²) in [6.45, 7) is 5.05. The average molecular weight is 275 g/mol. The lowest BCUT2D eigenvalue weighted by Crippen LogP contribution is -2.17. The van der Waals surface area contributed by atoms with E-state index < -0.39 is 0 Å². The highest BCUT2D eigenvalue weighted by molar-refractivity contribution is 6.33. The van der Waals surface area contributed by atoms with Gasteiger partial charge in [0.1, 0.15) is 0 Å². The summed E-state index contributed by atoms with van der Waals surface area (Å²) in [7, 11) is 2.09. The smallest absolute Gasteiger partial charge is 0.0635 e. The lowest BCUT2D eigenvalue weighted by atomic mass is 10.1. The largest absolute Gasteiger partial charge is 0.398 e. The van der Waals surface area contributed by atoms with Crippen LogP contribution in [0, 0.1) is 13.8 Å². The zero-order chi connectivity index (χ0) is 14.0. The van der Waals surface area contributed by atoms with Gasteiger partial charge < -0.3 is 10.6 Å². The van der Waals surface area contributed by atoms with Gasteiger partial charge in [0.25, 0.3) is 0 Å². The second-order valence-electron chi connectivity index (χ2n) is 5.00. The van der Waals surface area contributed by atoms with E-state index in [9.17, 15) is 0 Å². The zero-order valence-electron chi connectivity index (χ0n) is 11.6. The molecule has 0 spiro atoms. The van der Waals surface area contributed by atoms with E-state index in [2.05, 4.69) is 44.0 Å². The Bertz CT molecular complexity index is 593. The van der Waals surface area contributed by atoms with Crippen LogP contribution in [0.1, 0.15) is 16.7 Å². The number of nitrogens with zero attached hydrogens (tertiary/aromatic N) is 1. The van der Waals surface area contributed by atoms with Crippen molar-refractivity contribution in [1.82, 2.24) is 0 Å². The summed E-state index contributed by atoms with van der Waals surface area (Å²) in [5.74, 6) is 0. The fourth-order valence-electron chi connectivity index (χ4n) is 2.28. The van der Waals surface area contributed by atoms with E-state index in [1.165, 1.54) is 16.8 Å². The Morgan fingerprint density at radius 3 is 2.47 bits per heavy atom. The maximum atomic E-state index is 5.94. The van der Waals surface area contributed by atoms with E-state index in [1.807, 2.05) is 18.2 Å². The van der Waals surface area contributed by atoms with Crippen molar-refractivity contribution in [2.75, 3.05) is 17.7 Å². The standard InChI is InChI=1S/C16H19ClN2/c1-11-4-7-16(12(2)8-11)19(3)10-13-5-6-14(17)15(18)9-13/h4-9H,10,18H2,1-3H3. The number of halogens is 1. The predicted octanol–water partition coefficient (Wildman–Crippen LogP) is 4.18. The summed E-state index contributed by atoms with van der Waals surface area (Å²) in [5, 5.41) is 0.609. The lowest BCUT2D eigenvalue weighted by molar-refractivity contribution is 0.917. The number of anilines is 2. The van der Waals surface area contributed by atoms with Crippen molar-refractivity contribution in [2.24, 2.45) is 0 Å². The van der Waals surface area contributed by atoms with Crippen LogP contribution in [0.15, 0.2) is 36.4 Å². The first-order valence-corrected chi connectivity index (χ1v) is 6.67. The van der Waals surface area contributed by atoms with Gasteiger partial charge in [-0.3, -0.25) is 0 Å². The van der Waals surface area contributed by atoms with Crippen molar-refractivity contribution in [2.45, 2.75) is 20.4 Å². The SMILES string of the molecule is Cc1ccc(N(C)Cc2ccc(Cl)c(N)c2)c(C)c1. The molecule has 2 aromatic carbocycles. The third-order valence-corrected chi connectivity index (χ3v) is 3.59. The lowest BCUT2D eigenvalue weighted by Gasteiger charge is -2.22. The summed E-state index contributed by atoms with van der Waals surface area (Å²) in [5.41, 5.74) is 11.4. The molecule has 0 saturated carbocycles. The molecule has 0 radical (unpaired) electrons. The summed E-state index contributed by atoms with van der Waals surface area (Å²) < 4.78 is 0. The Morgan fingerprint density at radius 2 is 1.84 bits per heavy atom. The second kappa shape index (κ2) is 5.54. The number of hydrogen-bond acceptors (Lipinski definition) is 2. The highest BCUT2D eigenvalue weighted by Crippen LogP contribution is 2.24. The first kappa shape index (κ1) is 13.8. The zero-order valence-corrected chi connectivity index (χ0v) is 12.3. The maximum absolute atomic E-state index is 5.94. The van der Waals surface area contributed by atoms with Gasteiger partial charge in [0.2, 0.25) is 0 Å². The van der Waals surface area contributed by atoms with E-state index in [1.54, 1.807) is 0 Å². The summed E-state index contributed by atoms with van der Waals surface area (Å²) in [4.78, 5) is 2.22. The summed E-state index contributed by atoms with van der Waals surface area (Å²) in [6.07, 6.45) is 0. The molecule has 19 heavy (non-hydrogen) atoms. The fraction of sp³-hybridized carbons (Fsp3) is 0.250. The van der Waals surface area contributed by atoms with Gasteiger partial charge in [0.05, 0.1) is 10.7 Å². The molecule has 0 aromatic heterocycles. The van der Waals surface area contributed by atoms with Crippen LogP contribution in [0.2, 0.25) is 5.02 Å². The molecule has 0 fully saturated rings. The van der Waals surface area contributed by atoms with Gasteiger partial charge in [-0.05, 0) is 43.2 Å². The minimum Gasteiger partial charge on any atom is -0.398 e. The summed E-state index contributed by atoms with van der Waals surface area (Å²) in [6, 6.07) is 12.3. The molecule has 3 heteroatoms. The Kier molecular flexibility index (Phi) is 4.01. The van der Waals surface area contributed by atoms with Crippen molar-refractivity contribution in [1.29, 1.82) is 0 Å². The predicted molar refractivity (Wildman–Crippen MR) is 83.9 cm³/mol. The maximum Gasteiger partial charge on any atom is 0.0635 e. The third kappa shape index (κ3) is 3.21. The number of aryl methyl sites for hydroxylation is 2. The van der Waals surface area contributed by atoms with Crippen LogP contribution in [-0.4, -0.2) is 7.05 Å². The number of nitrogen functional groups attached to an aromatic ring is 1. The summed E-state index contributed by atoms with van der Waals surface area (Å²) >= 11 is 5.94. The molecule has 0 atom stereocenters. The molecule has 0 aliphatic heterocycles. The van der Waals surface area contributed by atoms with Gasteiger partial charge in [-0.2, -0.15) is 0 Å². The Hall–Kier alpha value is -1.67. The number of nitrogens with two attached hydrogens (primary N) is 1. The molecular weight excluding hydrogens is 256 g/mol. The Labute approximate surface area is 119 Å². The Morgan fingerprint density at radius 1 is 1.11 bits per heavy atom. The number of benzene rings is 2. The van der Waals surface area contributed by atoms with Gasteiger partial charge in [-0.25, -0.2) is 0 Å². The van der Waals surface area contributed by atoms with Crippen LogP contribution in [0.5, 0.6) is 0 Å². The molecule has 100 valence electrons. The van der Waals surface area contributed by atoms with Crippen LogP contribution in [0.25, 0.3) is 0 Å². The monoisotopic (exact) mass is 274 g/mol. The van der Waals surface area contributed by atoms with E-state index in [0.717, 1.165) is 12.1 Å². The average Bonchev–Trinajstić information content (AvgIpc) is 2.33. The third-order valence-electron chi connectivity index (χ3n) is 3.24. The minimum absolute atomic E-state index is 0.609. The number of rotatable bonds is 3. The molecule has 2 aromatic rings. The first-order chi connectivity index (χ1) is 8.97. The van der Waals surface area contributed by atoms with E-state index in [-0.39, 0.29) is 0 Å². The van der Waals surface area contributed by atoms with Gasteiger partial charge in [-0.15, -0.1) is 0 Å². The van der Waals surface area contributed by atoms with Gasteiger partial charge >= 0.3 is 0 Å². The van der Waals surface area contributed by atoms with Gasteiger partial charge in [0.15, 0.2) is 0 Å². The molecule has 0 aliphatic carbocycles. The molecular formula is C16H19ClN2. The Balaban J connectivity index is 2.20. The van der Waals surface area contributed by atoms with Crippen LogP contribution in [0.3, 0.4) is 0 Å². The van der Waals surface area contributed by atoms with Crippen molar-refractivity contribution < 1.29 is 0 Å². The quantitative estimate of drug-likeness (QED) is 0.851. The highest BCUT2D eigenvalue weighted by atomic mass is 35.5. The molecule has 0 saturated heterocycles. The number of hydrogen-bond donors (Lipinski definition) is 1. The first-order valence-electron chi connectivity index (χ1n) is 6.29. The van der Waals surface area contributed by atoms with Gasteiger partial charge in [-0.1, -0.05) is 35.4 Å². The molecule has 2 N–H and O–H groups in total. The fourth-order valence-corrected chi connectivity index (χ4v) is 2.40. The van der Waals surface area contributed by atoms with Crippen molar-refractivity contribution in [3.05, 3.63) is 58.1 Å². The van der Waals surface area contributed by atoms with E-state index in [0.29, 0.717) is 10.7 Å². The van der Waals surface area contributed by atoms with Crippen LogP contribution >= 0.6 is 11.6 Å². The highest BCUT2D eigenvalue weighted by Gasteiger charge is 2.06.